The molecule has 2 aromatic rings. The number of anilines is 2. The first-order chi connectivity index (χ1) is 13.5. The van der Waals surface area contributed by atoms with Gasteiger partial charge in [0.2, 0.25) is 0 Å². The van der Waals surface area contributed by atoms with Crippen LogP contribution in [-0.2, 0) is 4.74 Å². The number of benzene rings is 1. The maximum absolute atomic E-state index is 12.7. The number of ether oxygens (including phenoxy) is 1. The number of hydrogen-bond donors (Lipinski definition) is 1. The molecule has 2 amide bonds. The van der Waals surface area contributed by atoms with Gasteiger partial charge in [0.1, 0.15) is 0 Å². The van der Waals surface area contributed by atoms with Crippen LogP contribution >= 0.6 is 0 Å². The molecule has 0 bridgehead atoms. The molecular weight excluding hydrogens is 356 g/mol. The van der Waals surface area contributed by atoms with Gasteiger partial charge in [-0.05, 0) is 39.0 Å². The summed E-state index contributed by atoms with van der Waals surface area (Å²) in [5.74, 6) is -0.431. The molecule has 0 unspecified atom stereocenters. The highest BCUT2D eigenvalue weighted by molar-refractivity contribution is 5.95. The third kappa shape index (κ3) is 4.42. The van der Waals surface area contributed by atoms with Crippen LogP contribution in [0.2, 0.25) is 0 Å². The molecule has 0 atom stereocenters. The number of pyridine rings is 1. The average molecular weight is 382 g/mol. The molecule has 3 rings (SSSR count). The summed E-state index contributed by atoms with van der Waals surface area (Å²) in [5, 5.41) is 2.90. The fourth-order valence-electron chi connectivity index (χ4n) is 3.27. The highest BCUT2D eigenvalue weighted by Gasteiger charge is 2.22. The summed E-state index contributed by atoms with van der Waals surface area (Å²) in [6, 6.07) is 11.6. The first-order valence-corrected chi connectivity index (χ1v) is 9.51. The van der Waals surface area contributed by atoms with Crippen LogP contribution in [0.3, 0.4) is 0 Å². The molecular formula is C21H26N4O3. The van der Waals surface area contributed by atoms with Crippen molar-refractivity contribution in [3.8, 4) is 0 Å². The summed E-state index contributed by atoms with van der Waals surface area (Å²) in [6.45, 7) is 8.42. The van der Waals surface area contributed by atoms with Crippen LogP contribution in [0.5, 0.6) is 0 Å². The Kier molecular flexibility index (Phi) is 6.13. The zero-order valence-electron chi connectivity index (χ0n) is 16.6. The minimum Gasteiger partial charge on any atom is -0.462 e. The molecule has 1 N–H and O–H groups in total. The van der Waals surface area contributed by atoms with Gasteiger partial charge in [-0.3, -0.25) is 4.98 Å². The number of carbonyl (C=O) groups excluding carboxylic acids is 2. The minimum atomic E-state index is -0.431. The van der Waals surface area contributed by atoms with Crippen molar-refractivity contribution in [2.75, 3.05) is 43.0 Å². The summed E-state index contributed by atoms with van der Waals surface area (Å²) in [6.07, 6.45) is 0. The van der Waals surface area contributed by atoms with Crippen LogP contribution < -0.4 is 10.2 Å². The lowest BCUT2D eigenvalue weighted by molar-refractivity contribution is 0.0525. The lowest BCUT2D eigenvalue weighted by atomic mass is 10.1. The van der Waals surface area contributed by atoms with Crippen molar-refractivity contribution in [3.05, 3.63) is 53.3 Å². The van der Waals surface area contributed by atoms with E-state index in [4.69, 9.17) is 4.74 Å². The van der Waals surface area contributed by atoms with E-state index in [2.05, 4.69) is 27.3 Å². The minimum absolute atomic E-state index is 0.184. The molecule has 148 valence electrons. The number of esters is 1. The van der Waals surface area contributed by atoms with Gasteiger partial charge in [-0.15, -0.1) is 0 Å². The number of amides is 2. The van der Waals surface area contributed by atoms with E-state index in [-0.39, 0.29) is 6.03 Å². The van der Waals surface area contributed by atoms with Gasteiger partial charge >= 0.3 is 12.0 Å². The number of nitrogens with zero attached hydrogens (tertiary/aromatic N) is 3. The lowest BCUT2D eigenvalue weighted by Gasteiger charge is -2.36. The van der Waals surface area contributed by atoms with Crippen LogP contribution in [0.4, 0.5) is 16.2 Å². The van der Waals surface area contributed by atoms with E-state index in [0.29, 0.717) is 42.3 Å². The maximum atomic E-state index is 12.7. The number of piperazine rings is 1. The molecule has 1 aromatic heterocycles. The van der Waals surface area contributed by atoms with Gasteiger partial charge in [0, 0.05) is 31.9 Å². The summed E-state index contributed by atoms with van der Waals surface area (Å²) < 4.78 is 5.07. The van der Waals surface area contributed by atoms with Crippen molar-refractivity contribution in [1.82, 2.24) is 9.88 Å². The number of aromatic nitrogens is 1. The second-order valence-electron chi connectivity index (χ2n) is 6.71. The Morgan fingerprint density at radius 2 is 1.75 bits per heavy atom. The molecule has 7 nitrogen and oxygen atoms in total. The molecule has 1 fully saturated rings. The van der Waals surface area contributed by atoms with Gasteiger partial charge in [0.25, 0.3) is 0 Å². The highest BCUT2D eigenvalue weighted by Crippen LogP contribution is 2.20. The smallest absolute Gasteiger partial charge is 0.340 e. The zero-order chi connectivity index (χ0) is 20.1. The number of carbonyl (C=O) groups is 2. The first kappa shape index (κ1) is 19.7. The summed E-state index contributed by atoms with van der Waals surface area (Å²) >= 11 is 0. The third-order valence-electron chi connectivity index (χ3n) is 4.83. The molecule has 1 aliphatic heterocycles. The molecule has 2 heterocycles. The number of urea groups is 1. The predicted molar refractivity (Wildman–Crippen MR) is 109 cm³/mol. The Labute approximate surface area is 165 Å². The Hall–Kier alpha value is -3.09. The Morgan fingerprint density at radius 3 is 2.39 bits per heavy atom. The normalized spacial score (nSPS) is 14.0. The molecule has 0 radical (unpaired) electrons. The standard InChI is InChI=1S/C21H26N4O3/c1-4-28-20(26)18-14-19(16(3)22-15(18)2)23-21(27)25-12-10-24(11-13-25)17-8-6-5-7-9-17/h5-9,14H,4,10-13H2,1-3H3,(H,23,27). The lowest BCUT2D eigenvalue weighted by Crippen LogP contribution is -2.50. The molecule has 7 heteroatoms. The van der Waals surface area contributed by atoms with Crippen LogP contribution in [-0.4, -0.2) is 54.7 Å². The van der Waals surface area contributed by atoms with Gasteiger partial charge in [-0.25, -0.2) is 9.59 Å². The summed E-state index contributed by atoms with van der Waals surface area (Å²) in [5.41, 5.74) is 3.33. The van der Waals surface area contributed by atoms with Crippen LogP contribution in [0.15, 0.2) is 36.4 Å². The molecule has 0 saturated carbocycles. The Morgan fingerprint density at radius 1 is 1.07 bits per heavy atom. The topological polar surface area (TPSA) is 74.8 Å². The van der Waals surface area contributed by atoms with Gasteiger partial charge in [-0.2, -0.15) is 0 Å². The van der Waals surface area contributed by atoms with Crippen LogP contribution in [0, 0.1) is 13.8 Å². The molecule has 1 aliphatic rings. The van der Waals surface area contributed by atoms with Gasteiger partial charge in [0.15, 0.2) is 0 Å². The predicted octanol–water partition coefficient (Wildman–Crippen LogP) is 3.23. The molecule has 0 spiro atoms. The van der Waals surface area contributed by atoms with E-state index in [9.17, 15) is 9.59 Å². The molecule has 0 aliphatic carbocycles. The molecule has 1 aromatic carbocycles. The number of hydrogen-bond acceptors (Lipinski definition) is 5. The fourth-order valence-corrected chi connectivity index (χ4v) is 3.27. The van der Waals surface area contributed by atoms with E-state index in [1.807, 2.05) is 25.1 Å². The van der Waals surface area contributed by atoms with Crippen molar-refractivity contribution in [3.63, 3.8) is 0 Å². The van der Waals surface area contributed by atoms with Crippen LogP contribution in [0.1, 0.15) is 28.7 Å². The molecule has 1 saturated heterocycles. The zero-order valence-corrected chi connectivity index (χ0v) is 16.6. The maximum Gasteiger partial charge on any atom is 0.340 e. The number of para-hydroxylation sites is 1. The number of nitrogens with one attached hydrogen (secondary N) is 1. The quantitative estimate of drug-likeness (QED) is 0.822. The van der Waals surface area contributed by atoms with E-state index < -0.39 is 5.97 Å². The SMILES string of the molecule is CCOC(=O)c1cc(NC(=O)N2CCN(c3ccccc3)CC2)c(C)nc1C. The van der Waals surface area contributed by atoms with Crippen molar-refractivity contribution in [1.29, 1.82) is 0 Å². The average Bonchev–Trinajstić information content (AvgIpc) is 2.71. The second-order valence-corrected chi connectivity index (χ2v) is 6.71. The van der Waals surface area contributed by atoms with Crippen molar-refractivity contribution in [2.45, 2.75) is 20.8 Å². The molecule has 28 heavy (non-hydrogen) atoms. The van der Waals surface area contributed by atoms with Crippen LogP contribution in [0.25, 0.3) is 0 Å². The van der Waals surface area contributed by atoms with E-state index >= 15 is 0 Å². The van der Waals surface area contributed by atoms with Gasteiger partial charge < -0.3 is 19.9 Å². The first-order valence-electron chi connectivity index (χ1n) is 9.51. The van der Waals surface area contributed by atoms with Gasteiger partial charge in [0.05, 0.1) is 29.2 Å². The monoisotopic (exact) mass is 382 g/mol. The fraction of sp³-hybridized carbons (Fsp3) is 0.381. The van der Waals surface area contributed by atoms with E-state index in [1.165, 1.54) is 5.69 Å². The highest BCUT2D eigenvalue weighted by atomic mass is 16.5. The van der Waals surface area contributed by atoms with Crippen molar-refractivity contribution >= 4 is 23.4 Å². The second kappa shape index (κ2) is 8.73. The van der Waals surface area contributed by atoms with E-state index in [1.54, 1.807) is 24.8 Å². The third-order valence-corrected chi connectivity index (χ3v) is 4.83. The Balaban J connectivity index is 1.65. The van der Waals surface area contributed by atoms with Gasteiger partial charge in [-0.1, -0.05) is 18.2 Å². The Bertz CT molecular complexity index is 846. The largest absolute Gasteiger partial charge is 0.462 e. The number of aryl methyl sites for hydroxylation is 2. The van der Waals surface area contributed by atoms with E-state index in [0.717, 1.165) is 13.1 Å². The van der Waals surface area contributed by atoms with Crippen molar-refractivity contribution < 1.29 is 14.3 Å². The summed E-state index contributed by atoms with van der Waals surface area (Å²) in [4.78, 5) is 33.2. The number of rotatable bonds is 4. The summed E-state index contributed by atoms with van der Waals surface area (Å²) in [7, 11) is 0. The van der Waals surface area contributed by atoms with Crippen molar-refractivity contribution in [2.24, 2.45) is 0 Å².